The van der Waals surface area contributed by atoms with Crippen LogP contribution in [-0.2, 0) is 20.9 Å². The highest BCUT2D eigenvalue weighted by Gasteiger charge is 2.32. The molecule has 1 aromatic heterocycles. The number of nitrogens with zero attached hydrogens (tertiary/aromatic N) is 4. The first kappa shape index (κ1) is 24.6. The Hall–Kier alpha value is -2.99. The molecule has 1 fully saturated rings. The summed E-state index contributed by atoms with van der Waals surface area (Å²) >= 11 is 2.66. The van der Waals surface area contributed by atoms with Gasteiger partial charge in [0.05, 0.1) is 4.92 Å². The summed E-state index contributed by atoms with van der Waals surface area (Å²) in [6.45, 7) is 6.26. The van der Waals surface area contributed by atoms with Crippen LogP contribution in [0.2, 0.25) is 0 Å². The number of nitro groups is 1. The number of aromatic nitrogens is 1. The fourth-order valence-corrected chi connectivity index (χ4v) is 4.91. The number of amides is 1. The molecule has 0 unspecified atom stereocenters. The maximum Gasteiger partial charge on any atom is 0.325 e. The first-order valence-corrected chi connectivity index (χ1v) is 12.0. The van der Waals surface area contributed by atoms with Gasteiger partial charge in [-0.25, -0.2) is 4.98 Å². The second kappa shape index (κ2) is 10.8. The van der Waals surface area contributed by atoms with Gasteiger partial charge in [0, 0.05) is 48.8 Å². The Bertz CT molecular complexity index is 1030. The summed E-state index contributed by atoms with van der Waals surface area (Å²) in [5.41, 5.74) is 0.821. The minimum absolute atomic E-state index is 0.0457. The lowest BCUT2D eigenvalue weighted by Crippen LogP contribution is -2.49. The highest BCUT2D eigenvalue weighted by Crippen LogP contribution is 2.31. The Balaban J connectivity index is 1.54. The van der Waals surface area contributed by atoms with E-state index < -0.39 is 10.9 Å². The van der Waals surface area contributed by atoms with Crippen LogP contribution >= 0.6 is 23.1 Å². The molecule has 0 atom stereocenters. The van der Waals surface area contributed by atoms with Crippen LogP contribution in [0.5, 0.6) is 0 Å². The summed E-state index contributed by atoms with van der Waals surface area (Å²) < 4.78 is 5.25. The molecule has 1 aliphatic rings. The third-order valence-electron chi connectivity index (χ3n) is 4.89. The van der Waals surface area contributed by atoms with Gasteiger partial charge in [-0.05, 0) is 31.5 Å². The summed E-state index contributed by atoms with van der Waals surface area (Å²) in [6.07, 6.45) is 0. The lowest BCUT2D eigenvalue weighted by atomic mass is 10.2. The van der Waals surface area contributed by atoms with Crippen molar-refractivity contribution in [2.24, 2.45) is 0 Å². The van der Waals surface area contributed by atoms with E-state index in [0.29, 0.717) is 23.8 Å². The van der Waals surface area contributed by atoms with Crippen LogP contribution in [0.25, 0.3) is 0 Å². The Morgan fingerprint density at radius 1 is 1.30 bits per heavy atom. The zero-order chi connectivity index (χ0) is 24.1. The van der Waals surface area contributed by atoms with Crippen LogP contribution in [0.4, 0.5) is 10.8 Å². The van der Waals surface area contributed by atoms with Gasteiger partial charge >= 0.3 is 5.97 Å². The van der Waals surface area contributed by atoms with Crippen LogP contribution in [0.1, 0.15) is 36.8 Å². The number of hydrogen-bond donors (Lipinski definition) is 0. The molecule has 0 aliphatic carbocycles. The summed E-state index contributed by atoms with van der Waals surface area (Å²) in [6, 6.07) is 5.46. The van der Waals surface area contributed by atoms with Crippen LogP contribution in [0.15, 0.2) is 29.6 Å². The van der Waals surface area contributed by atoms with E-state index in [1.165, 1.54) is 52.3 Å². The standard InChI is InChI=1S/C21H24N4O6S2/c1-13(2)24(10-19(27)31-11-15-4-6-16(7-5-15)25(29)30)20(28)18-12-32-21(22-18)23-8-17(9-23)33-14(3)26/h4-7,12-13,17H,8-11H2,1-3H3. The molecular formula is C21H24N4O6S2. The largest absolute Gasteiger partial charge is 0.459 e. The van der Waals surface area contributed by atoms with Crippen LogP contribution in [0.3, 0.4) is 0 Å². The highest BCUT2D eigenvalue weighted by molar-refractivity contribution is 8.14. The van der Waals surface area contributed by atoms with E-state index in [1.54, 1.807) is 26.2 Å². The van der Waals surface area contributed by atoms with Crippen molar-refractivity contribution < 1.29 is 24.0 Å². The third kappa shape index (κ3) is 6.51. The zero-order valence-corrected chi connectivity index (χ0v) is 20.1. The van der Waals surface area contributed by atoms with Gasteiger partial charge in [0.15, 0.2) is 10.2 Å². The van der Waals surface area contributed by atoms with Crippen molar-refractivity contribution >= 4 is 50.9 Å². The van der Waals surface area contributed by atoms with Gasteiger partial charge in [-0.3, -0.25) is 24.5 Å². The number of esters is 1. The number of anilines is 1. The topological polar surface area (TPSA) is 123 Å². The van der Waals surface area contributed by atoms with Gasteiger partial charge in [-0.1, -0.05) is 11.8 Å². The van der Waals surface area contributed by atoms with Crippen LogP contribution in [-0.4, -0.2) is 62.7 Å². The molecule has 1 aromatic carbocycles. The molecule has 2 heterocycles. The predicted molar refractivity (Wildman–Crippen MR) is 125 cm³/mol. The SMILES string of the molecule is CC(=O)SC1CN(c2nc(C(=O)N(CC(=O)OCc3ccc([N+](=O)[O-])cc3)C(C)C)cs2)C1. The molecule has 176 valence electrons. The smallest absolute Gasteiger partial charge is 0.325 e. The number of nitro benzene ring substituents is 1. The first-order valence-electron chi connectivity index (χ1n) is 10.2. The number of carbonyl (C=O) groups excluding carboxylic acids is 3. The molecule has 10 nitrogen and oxygen atoms in total. The van der Waals surface area contributed by atoms with Gasteiger partial charge in [-0.15, -0.1) is 11.3 Å². The normalized spacial score (nSPS) is 13.5. The Labute approximate surface area is 199 Å². The van der Waals surface area contributed by atoms with E-state index in [9.17, 15) is 24.5 Å². The van der Waals surface area contributed by atoms with Crippen molar-refractivity contribution in [3.8, 4) is 0 Å². The Kier molecular flexibility index (Phi) is 8.03. The monoisotopic (exact) mass is 492 g/mol. The summed E-state index contributed by atoms with van der Waals surface area (Å²) in [4.78, 5) is 54.6. The maximum absolute atomic E-state index is 13.0. The summed E-state index contributed by atoms with van der Waals surface area (Å²) in [5, 5.41) is 13.4. The number of hydrogen-bond acceptors (Lipinski definition) is 10. The maximum atomic E-state index is 13.0. The molecule has 0 radical (unpaired) electrons. The molecule has 0 saturated carbocycles. The molecule has 0 N–H and O–H groups in total. The van der Waals surface area contributed by atoms with Crippen molar-refractivity contribution in [3.05, 3.63) is 51.0 Å². The van der Waals surface area contributed by atoms with Crippen molar-refractivity contribution in [3.63, 3.8) is 0 Å². The lowest BCUT2D eigenvalue weighted by molar-refractivity contribution is -0.384. The number of carbonyl (C=O) groups is 3. The second-order valence-corrected chi connectivity index (χ2v) is 10.1. The minimum atomic E-state index is -0.585. The van der Waals surface area contributed by atoms with Gasteiger partial charge in [0.2, 0.25) is 0 Å². The van der Waals surface area contributed by atoms with Crippen molar-refractivity contribution in [1.29, 1.82) is 0 Å². The molecule has 1 aliphatic heterocycles. The van der Waals surface area contributed by atoms with Crippen molar-refractivity contribution in [1.82, 2.24) is 9.88 Å². The highest BCUT2D eigenvalue weighted by atomic mass is 32.2. The fourth-order valence-electron chi connectivity index (χ4n) is 3.11. The number of thioether (sulfide) groups is 1. The third-order valence-corrected chi connectivity index (χ3v) is 6.76. The van der Waals surface area contributed by atoms with E-state index in [2.05, 4.69) is 4.98 Å². The van der Waals surface area contributed by atoms with Crippen LogP contribution in [0, 0.1) is 10.1 Å². The van der Waals surface area contributed by atoms with Crippen molar-refractivity contribution in [2.45, 2.75) is 38.7 Å². The van der Waals surface area contributed by atoms with Gasteiger partial charge < -0.3 is 14.5 Å². The molecule has 1 amide bonds. The average molecular weight is 493 g/mol. The number of rotatable bonds is 9. The van der Waals surface area contributed by atoms with E-state index in [-0.39, 0.29) is 46.8 Å². The number of non-ortho nitro benzene ring substituents is 1. The van der Waals surface area contributed by atoms with Crippen LogP contribution < -0.4 is 4.90 Å². The molecule has 0 bridgehead atoms. The molecule has 3 rings (SSSR count). The van der Waals surface area contributed by atoms with E-state index >= 15 is 0 Å². The van der Waals surface area contributed by atoms with Gasteiger partial charge in [0.25, 0.3) is 11.6 Å². The second-order valence-electron chi connectivity index (χ2n) is 7.76. The Morgan fingerprint density at radius 3 is 2.55 bits per heavy atom. The minimum Gasteiger partial charge on any atom is -0.459 e. The zero-order valence-electron chi connectivity index (χ0n) is 18.4. The molecular weight excluding hydrogens is 468 g/mol. The fraction of sp³-hybridized carbons (Fsp3) is 0.429. The van der Waals surface area contributed by atoms with E-state index in [1.807, 2.05) is 4.90 Å². The number of thiazole rings is 1. The number of ether oxygens (including phenoxy) is 1. The quantitative estimate of drug-likeness (QED) is 0.295. The average Bonchev–Trinajstić information content (AvgIpc) is 3.21. The number of benzene rings is 1. The molecule has 2 aromatic rings. The molecule has 0 spiro atoms. The predicted octanol–water partition coefficient (Wildman–Crippen LogP) is 3.11. The molecule has 33 heavy (non-hydrogen) atoms. The van der Waals surface area contributed by atoms with E-state index in [4.69, 9.17) is 4.74 Å². The Morgan fingerprint density at radius 2 is 1.97 bits per heavy atom. The van der Waals surface area contributed by atoms with Gasteiger partial charge in [-0.2, -0.15) is 0 Å². The first-order chi connectivity index (χ1) is 15.6. The molecule has 1 saturated heterocycles. The summed E-state index contributed by atoms with van der Waals surface area (Å²) in [7, 11) is 0. The van der Waals surface area contributed by atoms with Gasteiger partial charge in [0.1, 0.15) is 18.8 Å². The van der Waals surface area contributed by atoms with Crippen molar-refractivity contribution in [2.75, 3.05) is 24.5 Å². The van der Waals surface area contributed by atoms with E-state index in [0.717, 1.165) is 0 Å². The summed E-state index contributed by atoms with van der Waals surface area (Å²) in [5.74, 6) is -0.951. The lowest BCUT2D eigenvalue weighted by Gasteiger charge is -2.37. The molecule has 12 heteroatoms.